The zero-order valence-electron chi connectivity index (χ0n) is 17.6. The van der Waals surface area contributed by atoms with Crippen LogP contribution >= 0.6 is 0 Å². The lowest BCUT2D eigenvalue weighted by Gasteiger charge is -2.23. The van der Waals surface area contributed by atoms with Crippen LogP contribution in [-0.4, -0.2) is 57.0 Å². The summed E-state index contributed by atoms with van der Waals surface area (Å²) < 4.78 is 31.0. The molecule has 28 heavy (non-hydrogen) atoms. The van der Waals surface area contributed by atoms with Gasteiger partial charge < -0.3 is 20.5 Å². The molecule has 4 N–H and O–H groups in total. The molecular formula is C19H34N4O4S. The average molecular weight is 415 g/mol. The third-order valence-electron chi connectivity index (χ3n) is 3.54. The Labute approximate surface area is 168 Å². The van der Waals surface area contributed by atoms with Crippen molar-refractivity contribution in [1.29, 1.82) is 0 Å². The standard InChI is InChI=1S/C19H34N4O4S/c1-7-20-18(22-13-19(4,5)23-28(6,25)26)21-12-17(24)15-8-10-16(11-9-15)27-14(2)3/h8-11,14,17,23-24H,7,12-13H2,1-6H3,(H2,20,21,22). The first-order valence-corrected chi connectivity index (χ1v) is 11.3. The van der Waals surface area contributed by atoms with Gasteiger partial charge in [0.2, 0.25) is 10.0 Å². The molecule has 0 spiro atoms. The number of aliphatic imine (C=N–C) groups is 1. The van der Waals surface area contributed by atoms with Crippen molar-refractivity contribution in [3.8, 4) is 5.75 Å². The molecule has 1 aromatic carbocycles. The Balaban J connectivity index is 2.68. The predicted octanol–water partition coefficient (Wildman–Crippen LogP) is 1.39. The normalized spacial score (nSPS) is 14.1. The van der Waals surface area contributed by atoms with Gasteiger partial charge in [0.25, 0.3) is 0 Å². The van der Waals surface area contributed by atoms with Crippen LogP contribution in [0.15, 0.2) is 29.3 Å². The highest BCUT2D eigenvalue weighted by atomic mass is 32.2. The number of aliphatic hydroxyl groups excluding tert-OH is 1. The van der Waals surface area contributed by atoms with Gasteiger partial charge in [0.05, 0.1) is 25.0 Å². The van der Waals surface area contributed by atoms with E-state index in [2.05, 4.69) is 20.3 Å². The zero-order chi connectivity index (χ0) is 21.4. The van der Waals surface area contributed by atoms with Gasteiger partial charge in [-0.2, -0.15) is 0 Å². The molecule has 0 aliphatic rings. The minimum atomic E-state index is -3.33. The number of hydrogen-bond acceptors (Lipinski definition) is 5. The van der Waals surface area contributed by atoms with Crippen LogP contribution in [0, 0.1) is 0 Å². The molecule has 0 bridgehead atoms. The van der Waals surface area contributed by atoms with E-state index in [1.54, 1.807) is 13.8 Å². The summed E-state index contributed by atoms with van der Waals surface area (Å²) in [6.45, 7) is 10.5. The van der Waals surface area contributed by atoms with E-state index < -0.39 is 21.7 Å². The summed E-state index contributed by atoms with van der Waals surface area (Å²) in [5, 5.41) is 16.6. The Bertz CT molecular complexity index is 731. The minimum absolute atomic E-state index is 0.0952. The molecule has 0 radical (unpaired) electrons. The molecule has 0 saturated heterocycles. The fourth-order valence-electron chi connectivity index (χ4n) is 2.50. The van der Waals surface area contributed by atoms with Crippen molar-refractivity contribution in [3.63, 3.8) is 0 Å². The Morgan fingerprint density at radius 3 is 2.32 bits per heavy atom. The van der Waals surface area contributed by atoms with Crippen molar-refractivity contribution in [3.05, 3.63) is 29.8 Å². The van der Waals surface area contributed by atoms with Gasteiger partial charge >= 0.3 is 0 Å². The summed E-state index contributed by atoms with van der Waals surface area (Å²) in [7, 11) is -3.33. The molecule has 0 saturated carbocycles. The molecule has 0 aromatic heterocycles. The highest BCUT2D eigenvalue weighted by Gasteiger charge is 2.22. The third kappa shape index (κ3) is 9.91. The lowest BCUT2D eigenvalue weighted by Crippen LogP contribution is -2.47. The number of aliphatic hydroxyl groups is 1. The quantitative estimate of drug-likeness (QED) is 0.340. The van der Waals surface area contributed by atoms with E-state index in [9.17, 15) is 13.5 Å². The van der Waals surface area contributed by atoms with Gasteiger partial charge in [-0.1, -0.05) is 12.1 Å². The second-order valence-electron chi connectivity index (χ2n) is 7.59. The van der Waals surface area contributed by atoms with Crippen LogP contribution < -0.4 is 20.1 Å². The van der Waals surface area contributed by atoms with Crippen molar-refractivity contribution in [2.24, 2.45) is 4.99 Å². The van der Waals surface area contributed by atoms with E-state index in [0.717, 1.165) is 17.6 Å². The average Bonchev–Trinajstić information content (AvgIpc) is 2.55. The first kappa shape index (κ1) is 24.2. The van der Waals surface area contributed by atoms with Crippen molar-refractivity contribution < 1.29 is 18.3 Å². The molecule has 1 unspecified atom stereocenters. The van der Waals surface area contributed by atoms with E-state index in [-0.39, 0.29) is 19.2 Å². The Morgan fingerprint density at radius 2 is 1.82 bits per heavy atom. The highest BCUT2D eigenvalue weighted by Crippen LogP contribution is 2.18. The summed E-state index contributed by atoms with van der Waals surface area (Å²) >= 11 is 0. The molecule has 1 atom stereocenters. The third-order valence-corrected chi connectivity index (χ3v) is 4.46. The summed E-state index contributed by atoms with van der Waals surface area (Å²) in [4.78, 5) is 4.42. The number of guanidine groups is 1. The Morgan fingerprint density at radius 1 is 1.21 bits per heavy atom. The number of benzene rings is 1. The Hall–Kier alpha value is -1.84. The Kier molecular flexibility index (Phi) is 9.19. The lowest BCUT2D eigenvalue weighted by molar-refractivity contribution is 0.180. The highest BCUT2D eigenvalue weighted by molar-refractivity contribution is 7.88. The smallest absolute Gasteiger partial charge is 0.209 e. The van der Waals surface area contributed by atoms with Gasteiger partial charge in [-0.3, -0.25) is 4.99 Å². The van der Waals surface area contributed by atoms with E-state index in [4.69, 9.17) is 4.74 Å². The molecule has 0 aliphatic heterocycles. The first-order valence-electron chi connectivity index (χ1n) is 9.37. The molecule has 9 heteroatoms. The fraction of sp³-hybridized carbons (Fsp3) is 0.632. The van der Waals surface area contributed by atoms with Crippen LogP contribution in [0.25, 0.3) is 0 Å². The molecule has 1 rings (SSSR count). The van der Waals surface area contributed by atoms with E-state index >= 15 is 0 Å². The SMILES string of the molecule is CCNC(=NCC(C)(C)NS(C)(=O)=O)NCC(O)c1ccc(OC(C)C)cc1. The number of rotatable bonds is 10. The fourth-order valence-corrected chi connectivity index (χ4v) is 3.57. The summed E-state index contributed by atoms with van der Waals surface area (Å²) in [6, 6.07) is 7.31. The summed E-state index contributed by atoms with van der Waals surface area (Å²) in [5.74, 6) is 1.26. The van der Waals surface area contributed by atoms with Gasteiger partial charge in [-0.25, -0.2) is 13.1 Å². The van der Waals surface area contributed by atoms with Crippen molar-refractivity contribution in [1.82, 2.24) is 15.4 Å². The largest absolute Gasteiger partial charge is 0.491 e. The molecular weight excluding hydrogens is 380 g/mol. The van der Waals surface area contributed by atoms with Gasteiger partial charge in [0, 0.05) is 18.6 Å². The first-order chi connectivity index (χ1) is 12.9. The minimum Gasteiger partial charge on any atom is -0.491 e. The van der Waals surface area contributed by atoms with Gasteiger partial charge in [0.15, 0.2) is 5.96 Å². The molecule has 160 valence electrons. The van der Waals surface area contributed by atoms with Crippen molar-refractivity contribution >= 4 is 16.0 Å². The van der Waals surface area contributed by atoms with E-state index in [1.165, 1.54) is 0 Å². The lowest BCUT2D eigenvalue weighted by atomic mass is 10.1. The van der Waals surface area contributed by atoms with Crippen LogP contribution in [0.5, 0.6) is 5.75 Å². The molecule has 0 fully saturated rings. The maximum absolute atomic E-state index is 11.4. The zero-order valence-corrected chi connectivity index (χ0v) is 18.4. The van der Waals surface area contributed by atoms with E-state index in [1.807, 2.05) is 45.0 Å². The van der Waals surface area contributed by atoms with Crippen LogP contribution in [0.3, 0.4) is 0 Å². The summed E-state index contributed by atoms with van der Waals surface area (Å²) in [5.41, 5.74) is 0.0411. The van der Waals surface area contributed by atoms with Crippen LogP contribution in [0.2, 0.25) is 0 Å². The molecule has 0 heterocycles. The maximum atomic E-state index is 11.4. The monoisotopic (exact) mass is 414 g/mol. The second-order valence-corrected chi connectivity index (χ2v) is 9.33. The van der Waals surface area contributed by atoms with Crippen molar-refractivity contribution in [2.45, 2.75) is 52.4 Å². The second kappa shape index (κ2) is 10.6. The molecule has 1 aromatic rings. The van der Waals surface area contributed by atoms with Crippen LogP contribution in [0.1, 0.15) is 46.3 Å². The topological polar surface area (TPSA) is 112 Å². The van der Waals surface area contributed by atoms with Crippen LogP contribution in [-0.2, 0) is 10.0 Å². The molecule has 0 amide bonds. The number of nitrogens with zero attached hydrogens (tertiary/aromatic N) is 1. The predicted molar refractivity (Wildman–Crippen MR) is 113 cm³/mol. The summed E-state index contributed by atoms with van der Waals surface area (Å²) in [6.07, 6.45) is 0.493. The van der Waals surface area contributed by atoms with E-state index in [0.29, 0.717) is 12.5 Å². The van der Waals surface area contributed by atoms with Gasteiger partial charge in [-0.15, -0.1) is 0 Å². The van der Waals surface area contributed by atoms with Crippen molar-refractivity contribution in [2.75, 3.05) is 25.9 Å². The van der Waals surface area contributed by atoms with Crippen LogP contribution in [0.4, 0.5) is 0 Å². The molecule has 8 nitrogen and oxygen atoms in total. The van der Waals surface area contributed by atoms with Gasteiger partial charge in [0.1, 0.15) is 5.75 Å². The number of ether oxygens (including phenoxy) is 1. The number of nitrogens with one attached hydrogen (secondary N) is 3. The molecule has 0 aliphatic carbocycles. The van der Waals surface area contributed by atoms with Gasteiger partial charge in [-0.05, 0) is 52.3 Å². The number of sulfonamides is 1. The maximum Gasteiger partial charge on any atom is 0.209 e. The number of hydrogen-bond donors (Lipinski definition) is 4.